The van der Waals surface area contributed by atoms with Crippen LogP contribution in [0.3, 0.4) is 0 Å². The van der Waals surface area contributed by atoms with Gasteiger partial charge >= 0.3 is 0 Å². The number of nitrogens with one attached hydrogen (secondary N) is 2. The number of nitrogens with zero attached hydrogens (tertiary/aromatic N) is 2. The molecule has 122 valence electrons. The second kappa shape index (κ2) is 9.88. The molecule has 0 aliphatic rings. The molecule has 0 fully saturated rings. The quantitative estimate of drug-likeness (QED) is 0.551. The molecular formula is C13H26N4O3S. The van der Waals surface area contributed by atoms with Crippen LogP contribution in [0.2, 0.25) is 0 Å². The van der Waals surface area contributed by atoms with E-state index in [1.54, 1.807) is 10.9 Å². The summed E-state index contributed by atoms with van der Waals surface area (Å²) in [5.74, 6) is 0. The number of hydrogen-bond donors (Lipinski definition) is 2. The van der Waals surface area contributed by atoms with Gasteiger partial charge in [0.05, 0.1) is 12.8 Å². The first-order chi connectivity index (χ1) is 10.1. The zero-order valence-electron chi connectivity index (χ0n) is 12.8. The second-order valence-electron chi connectivity index (χ2n) is 4.64. The monoisotopic (exact) mass is 318 g/mol. The topological polar surface area (TPSA) is 85.2 Å². The molecule has 0 atom stereocenters. The first kappa shape index (κ1) is 18.1. The van der Waals surface area contributed by atoms with E-state index in [2.05, 4.69) is 22.1 Å². The predicted octanol–water partition coefficient (Wildman–Crippen LogP) is 0.588. The number of rotatable bonds is 12. The van der Waals surface area contributed by atoms with Crippen molar-refractivity contribution in [3.63, 3.8) is 0 Å². The first-order valence-electron chi connectivity index (χ1n) is 7.40. The number of ether oxygens (including phenoxy) is 1. The van der Waals surface area contributed by atoms with E-state index in [4.69, 9.17) is 4.74 Å². The maximum absolute atomic E-state index is 12.0. The second-order valence-corrected chi connectivity index (χ2v) is 6.40. The van der Waals surface area contributed by atoms with Crippen LogP contribution in [0, 0.1) is 0 Å². The summed E-state index contributed by atoms with van der Waals surface area (Å²) in [6.45, 7) is 7.81. The highest BCUT2D eigenvalue weighted by Gasteiger charge is 2.15. The highest BCUT2D eigenvalue weighted by atomic mass is 32.2. The molecule has 1 aromatic heterocycles. The molecule has 0 saturated heterocycles. The van der Waals surface area contributed by atoms with Crippen molar-refractivity contribution in [2.75, 3.05) is 32.8 Å². The zero-order chi connectivity index (χ0) is 15.6. The average Bonchev–Trinajstić information content (AvgIpc) is 2.93. The largest absolute Gasteiger partial charge is 0.380 e. The molecule has 1 rings (SSSR count). The van der Waals surface area contributed by atoms with Gasteiger partial charge < -0.3 is 10.1 Å². The van der Waals surface area contributed by atoms with Crippen LogP contribution in [-0.4, -0.2) is 51.0 Å². The van der Waals surface area contributed by atoms with E-state index in [0.29, 0.717) is 19.8 Å². The van der Waals surface area contributed by atoms with Crippen molar-refractivity contribution in [1.82, 2.24) is 19.8 Å². The first-order valence-corrected chi connectivity index (χ1v) is 8.89. The minimum Gasteiger partial charge on any atom is -0.380 e. The Kier molecular flexibility index (Phi) is 8.51. The van der Waals surface area contributed by atoms with E-state index in [0.717, 1.165) is 25.9 Å². The average molecular weight is 318 g/mol. The van der Waals surface area contributed by atoms with Crippen molar-refractivity contribution in [1.29, 1.82) is 0 Å². The van der Waals surface area contributed by atoms with Crippen LogP contribution in [0.4, 0.5) is 0 Å². The summed E-state index contributed by atoms with van der Waals surface area (Å²) in [5, 5.41) is 7.38. The molecule has 8 heteroatoms. The fraction of sp³-hybridized carbons (Fsp3) is 0.769. The molecule has 21 heavy (non-hydrogen) atoms. The highest BCUT2D eigenvalue weighted by molar-refractivity contribution is 7.89. The third-order valence-corrected chi connectivity index (χ3v) is 4.25. The van der Waals surface area contributed by atoms with Gasteiger partial charge in [-0.2, -0.15) is 5.10 Å². The van der Waals surface area contributed by atoms with Gasteiger partial charge in [0, 0.05) is 25.9 Å². The van der Waals surface area contributed by atoms with E-state index in [1.807, 2.05) is 6.92 Å². The van der Waals surface area contributed by atoms with Crippen molar-refractivity contribution in [2.45, 2.75) is 38.1 Å². The summed E-state index contributed by atoms with van der Waals surface area (Å²) < 4.78 is 33.2. The Balaban J connectivity index is 2.38. The molecule has 7 nitrogen and oxygen atoms in total. The Labute approximate surface area is 127 Å². The molecule has 1 heterocycles. The van der Waals surface area contributed by atoms with Crippen LogP contribution in [0.1, 0.15) is 26.7 Å². The van der Waals surface area contributed by atoms with E-state index in [9.17, 15) is 8.42 Å². The lowest BCUT2D eigenvalue weighted by Gasteiger charge is -2.05. The lowest BCUT2D eigenvalue weighted by Crippen LogP contribution is -2.27. The molecule has 0 amide bonds. The summed E-state index contributed by atoms with van der Waals surface area (Å²) in [6, 6.07) is 0. The molecule has 2 N–H and O–H groups in total. The van der Waals surface area contributed by atoms with Crippen molar-refractivity contribution in [2.24, 2.45) is 0 Å². The Morgan fingerprint density at radius 1 is 1.29 bits per heavy atom. The summed E-state index contributed by atoms with van der Waals surface area (Å²) in [7, 11) is -3.49. The van der Waals surface area contributed by atoms with Crippen LogP contribution in [0.5, 0.6) is 0 Å². The van der Waals surface area contributed by atoms with Gasteiger partial charge in [-0.3, -0.25) is 4.68 Å². The van der Waals surface area contributed by atoms with Crippen LogP contribution in [0.15, 0.2) is 17.3 Å². The molecular weight excluding hydrogens is 292 g/mol. The number of aryl methyl sites for hydroxylation is 1. The zero-order valence-corrected chi connectivity index (χ0v) is 13.7. The lowest BCUT2D eigenvalue weighted by molar-refractivity contribution is 0.153. The Bertz CT molecular complexity index is 487. The maximum Gasteiger partial charge on any atom is 0.243 e. The summed E-state index contributed by atoms with van der Waals surface area (Å²) in [6.07, 6.45) is 4.96. The van der Waals surface area contributed by atoms with Gasteiger partial charge in [0.2, 0.25) is 10.0 Å². The van der Waals surface area contributed by atoms with Gasteiger partial charge in [0.15, 0.2) is 0 Å². The SMILES string of the molecule is CCCNCCCn1cc(S(=O)(=O)NCCOCC)cn1. The Hall–Kier alpha value is -0.960. The summed E-state index contributed by atoms with van der Waals surface area (Å²) >= 11 is 0. The normalized spacial score (nSPS) is 11.9. The number of aromatic nitrogens is 2. The summed E-state index contributed by atoms with van der Waals surface area (Å²) in [4.78, 5) is 0.195. The molecule has 0 spiro atoms. The van der Waals surface area contributed by atoms with Gasteiger partial charge in [0.25, 0.3) is 0 Å². The van der Waals surface area contributed by atoms with Crippen LogP contribution in [0.25, 0.3) is 0 Å². The fourth-order valence-electron chi connectivity index (χ4n) is 1.75. The van der Waals surface area contributed by atoms with E-state index >= 15 is 0 Å². The Morgan fingerprint density at radius 3 is 2.81 bits per heavy atom. The number of sulfonamides is 1. The minimum atomic E-state index is -3.49. The van der Waals surface area contributed by atoms with Gasteiger partial charge in [-0.05, 0) is 32.9 Å². The van der Waals surface area contributed by atoms with Crippen molar-refractivity contribution < 1.29 is 13.2 Å². The molecule has 0 aliphatic carbocycles. The molecule has 0 radical (unpaired) electrons. The van der Waals surface area contributed by atoms with Crippen molar-refractivity contribution in [3.8, 4) is 0 Å². The van der Waals surface area contributed by atoms with Gasteiger partial charge in [-0.1, -0.05) is 6.92 Å². The van der Waals surface area contributed by atoms with Gasteiger partial charge in [0.1, 0.15) is 4.90 Å². The smallest absolute Gasteiger partial charge is 0.243 e. The molecule has 1 aromatic rings. The molecule has 0 unspecified atom stereocenters. The molecule has 0 aromatic carbocycles. The molecule has 0 saturated carbocycles. The predicted molar refractivity (Wildman–Crippen MR) is 81.7 cm³/mol. The molecule has 0 bridgehead atoms. The summed E-state index contributed by atoms with van der Waals surface area (Å²) in [5.41, 5.74) is 0. The van der Waals surface area contributed by atoms with Crippen LogP contribution >= 0.6 is 0 Å². The van der Waals surface area contributed by atoms with E-state index < -0.39 is 10.0 Å². The minimum absolute atomic E-state index is 0.195. The van der Waals surface area contributed by atoms with Crippen molar-refractivity contribution in [3.05, 3.63) is 12.4 Å². The highest BCUT2D eigenvalue weighted by Crippen LogP contribution is 2.06. The van der Waals surface area contributed by atoms with Crippen LogP contribution in [-0.2, 0) is 21.3 Å². The lowest BCUT2D eigenvalue weighted by atomic mass is 10.4. The maximum atomic E-state index is 12.0. The fourth-order valence-corrected chi connectivity index (χ4v) is 2.71. The third kappa shape index (κ3) is 7.03. The Morgan fingerprint density at radius 2 is 2.10 bits per heavy atom. The van der Waals surface area contributed by atoms with Gasteiger partial charge in [-0.15, -0.1) is 0 Å². The molecule has 0 aliphatic heterocycles. The standard InChI is InChI=1S/C13H26N4O3S/c1-3-6-14-7-5-9-17-12-13(11-15-17)21(18,19)16-8-10-20-4-2/h11-12,14,16H,3-10H2,1-2H3. The number of hydrogen-bond acceptors (Lipinski definition) is 5. The van der Waals surface area contributed by atoms with Gasteiger partial charge in [-0.25, -0.2) is 13.1 Å². The van der Waals surface area contributed by atoms with E-state index in [-0.39, 0.29) is 11.4 Å². The van der Waals surface area contributed by atoms with Crippen LogP contribution < -0.4 is 10.0 Å². The van der Waals surface area contributed by atoms with E-state index in [1.165, 1.54) is 6.20 Å². The third-order valence-electron chi connectivity index (χ3n) is 2.83. The van der Waals surface area contributed by atoms with Crippen molar-refractivity contribution >= 4 is 10.0 Å².